The second kappa shape index (κ2) is 5.18. The fraction of sp³-hybridized carbons (Fsp3) is 0.375. The Kier molecular flexibility index (Phi) is 3.40. The third-order valence-corrected chi connectivity index (χ3v) is 5.85. The molecule has 1 aromatic carbocycles. The number of amides is 1. The molecule has 0 unspecified atom stereocenters. The lowest BCUT2D eigenvalue weighted by Crippen LogP contribution is -2.19. The number of benzene rings is 1. The smallest absolute Gasteiger partial charge is 0.229 e. The quantitative estimate of drug-likeness (QED) is 0.855. The molecule has 0 bridgehead atoms. The molecule has 1 aliphatic carbocycles. The molecule has 2 atom stereocenters. The third kappa shape index (κ3) is 2.41. The maximum atomic E-state index is 12.4. The normalized spacial score (nSPS) is 26.5. The van der Waals surface area contributed by atoms with Gasteiger partial charge in [0.25, 0.3) is 0 Å². The number of hydrogen-bond donors (Lipinski definition) is 1. The highest BCUT2D eigenvalue weighted by Crippen LogP contribution is 2.58. The zero-order chi connectivity index (χ0) is 15.3. The number of aromatic nitrogens is 1. The summed E-state index contributed by atoms with van der Waals surface area (Å²) >= 11 is 9.49. The first-order valence-electron chi connectivity index (χ1n) is 7.21. The Morgan fingerprint density at radius 3 is 3.05 bits per heavy atom. The number of nitrogens with one attached hydrogen (secondary N) is 1. The number of carbonyl (C=O) groups is 1. The minimum Gasteiger partial charge on any atom is -0.381 e. The van der Waals surface area contributed by atoms with Crippen LogP contribution in [0.15, 0.2) is 28.9 Å². The minimum absolute atomic E-state index is 0.0466. The van der Waals surface area contributed by atoms with Crippen molar-refractivity contribution >= 4 is 50.0 Å². The first-order valence-corrected chi connectivity index (χ1v) is 8.38. The fourth-order valence-corrected chi connectivity index (χ4v) is 3.73. The largest absolute Gasteiger partial charge is 0.381 e. The molecule has 1 saturated carbocycles. The Morgan fingerprint density at radius 2 is 2.27 bits per heavy atom. The summed E-state index contributed by atoms with van der Waals surface area (Å²) in [6, 6.07) is 5.65. The lowest BCUT2D eigenvalue weighted by Gasteiger charge is -2.08. The topological polar surface area (TPSA) is 51.2 Å². The van der Waals surface area contributed by atoms with Gasteiger partial charge in [0.15, 0.2) is 0 Å². The monoisotopic (exact) mass is 380 g/mol. The molecule has 22 heavy (non-hydrogen) atoms. The summed E-state index contributed by atoms with van der Waals surface area (Å²) in [6.07, 6.45) is 3.64. The Balaban J connectivity index is 1.54. The Morgan fingerprint density at radius 1 is 1.41 bits per heavy atom. The van der Waals surface area contributed by atoms with Gasteiger partial charge >= 0.3 is 0 Å². The Bertz CT molecular complexity index is 774. The van der Waals surface area contributed by atoms with E-state index in [4.69, 9.17) is 16.3 Å². The van der Waals surface area contributed by atoms with Gasteiger partial charge < -0.3 is 10.1 Å². The van der Waals surface area contributed by atoms with Gasteiger partial charge in [0, 0.05) is 34.0 Å². The van der Waals surface area contributed by atoms with E-state index in [2.05, 4.69) is 26.2 Å². The molecule has 2 heterocycles. The van der Waals surface area contributed by atoms with Crippen molar-refractivity contribution in [1.82, 2.24) is 4.98 Å². The van der Waals surface area contributed by atoms with Gasteiger partial charge in [-0.3, -0.25) is 4.79 Å². The minimum atomic E-state index is 0.0466. The summed E-state index contributed by atoms with van der Waals surface area (Å²) in [4.78, 5) is 16.7. The number of carbonyl (C=O) groups excluding carboxylic acids is 1. The van der Waals surface area contributed by atoms with Gasteiger partial charge in [-0.25, -0.2) is 4.98 Å². The number of hydrogen-bond acceptors (Lipinski definition) is 3. The maximum absolute atomic E-state index is 12.4. The van der Waals surface area contributed by atoms with Crippen LogP contribution in [0, 0.1) is 11.3 Å². The summed E-state index contributed by atoms with van der Waals surface area (Å²) in [5, 5.41) is 5.50. The Hall–Kier alpha value is -1.17. The van der Waals surface area contributed by atoms with Gasteiger partial charge in [-0.05, 0) is 52.4 Å². The van der Waals surface area contributed by atoms with E-state index in [9.17, 15) is 4.79 Å². The second-order valence-electron chi connectivity index (χ2n) is 6.09. The number of fused-ring (bicyclic) bond motifs is 1. The molecule has 1 N–H and O–H groups in total. The molecule has 2 aliphatic rings. The molecular formula is C16H14BrClN2O2. The SMILES string of the molecule is O=C(Nc1cc2cc(Br)c(Cl)cc2cn1)[C@H]1C[C@@]12CCOC2. The highest BCUT2D eigenvalue weighted by molar-refractivity contribution is 9.10. The number of anilines is 1. The van der Waals surface area contributed by atoms with E-state index in [0.717, 1.165) is 34.7 Å². The van der Waals surface area contributed by atoms with Gasteiger partial charge in [-0.15, -0.1) is 0 Å². The fourth-order valence-electron chi connectivity index (χ4n) is 3.20. The van der Waals surface area contributed by atoms with Crippen LogP contribution in [-0.2, 0) is 9.53 Å². The lowest BCUT2D eigenvalue weighted by molar-refractivity contribution is -0.118. The molecule has 1 saturated heterocycles. The predicted octanol–water partition coefficient (Wildman–Crippen LogP) is 4.02. The summed E-state index contributed by atoms with van der Waals surface area (Å²) in [5.41, 5.74) is 0.0947. The van der Waals surface area contributed by atoms with Crippen LogP contribution in [0.5, 0.6) is 0 Å². The molecule has 1 aliphatic heterocycles. The van der Waals surface area contributed by atoms with Crippen LogP contribution in [0.1, 0.15) is 12.8 Å². The average Bonchev–Trinajstić information content (AvgIpc) is 2.98. The number of rotatable bonds is 2. The van der Waals surface area contributed by atoms with Crippen LogP contribution < -0.4 is 5.32 Å². The van der Waals surface area contributed by atoms with E-state index in [1.54, 1.807) is 6.20 Å². The van der Waals surface area contributed by atoms with Crippen molar-refractivity contribution < 1.29 is 9.53 Å². The molecular weight excluding hydrogens is 368 g/mol. The number of ether oxygens (including phenoxy) is 1. The zero-order valence-electron chi connectivity index (χ0n) is 11.7. The van der Waals surface area contributed by atoms with E-state index in [-0.39, 0.29) is 17.2 Å². The predicted molar refractivity (Wildman–Crippen MR) is 89.1 cm³/mol. The standard InChI is InChI=1S/C16H14BrClN2O2/c17-12-3-9-5-14(19-7-10(9)4-13(12)18)20-15(21)11-6-16(11)1-2-22-8-16/h3-5,7,11H,1-2,6,8H2,(H,19,20,21)/t11-,16-/m1/s1. The van der Waals surface area contributed by atoms with Crippen molar-refractivity contribution in [3.8, 4) is 0 Å². The summed E-state index contributed by atoms with van der Waals surface area (Å²) in [5.74, 6) is 0.683. The van der Waals surface area contributed by atoms with E-state index in [1.165, 1.54) is 0 Å². The molecule has 6 heteroatoms. The maximum Gasteiger partial charge on any atom is 0.229 e. The first-order chi connectivity index (χ1) is 10.6. The molecule has 1 aromatic heterocycles. The number of pyridine rings is 1. The highest BCUT2D eigenvalue weighted by Gasteiger charge is 2.59. The summed E-state index contributed by atoms with van der Waals surface area (Å²) < 4.78 is 6.25. The van der Waals surface area contributed by atoms with E-state index < -0.39 is 0 Å². The molecule has 114 valence electrons. The van der Waals surface area contributed by atoms with Crippen molar-refractivity contribution in [2.24, 2.45) is 11.3 Å². The third-order valence-electron chi connectivity index (χ3n) is 4.65. The Labute approximate surface area is 141 Å². The van der Waals surface area contributed by atoms with Crippen LogP contribution in [0.2, 0.25) is 5.02 Å². The lowest BCUT2D eigenvalue weighted by atomic mass is 10.0. The van der Waals surface area contributed by atoms with Crippen molar-refractivity contribution in [2.45, 2.75) is 12.8 Å². The number of nitrogens with zero attached hydrogens (tertiary/aromatic N) is 1. The van der Waals surface area contributed by atoms with Crippen molar-refractivity contribution in [3.63, 3.8) is 0 Å². The van der Waals surface area contributed by atoms with E-state index in [1.807, 2.05) is 18.2 Å². The molecule has 2 fully saturated rings. The van der Waals surface area contributed by atoms with Gasteiger partial charge in [-0.2, -0.15) is 0 Å². The zero-order valence-corrected chi connectivity index (χ0v) is 14.1. The molecule has 1 spiro atoms. The molecule has 0 radical (unpaired) electrons. The summed E-state index contributed by atoms with van der Waals surface area (Å²) in [6.45, 7) is 1.48. The van der Waals surface area contributed by atoms with Crippen LogP contribution in [0.4, 0.5) is 5.82 Å². The van der Waals surface area contributed by atoms with Gasteiger partial charge in [0.05, 0.1) is 11.6 Å². The van der Waals surface area contributed by atoms with Gasteiger partial charge in [0.1, 0.15) is 5.82 Å². The molecule has 1 amide bonds. The molecule has 4 nitrogen and oxygen atoms in total. The summed E-state index contributed by atoms with van der Waals surface area (Å²) in [7, 11) is 0. The highest BCUT2D eigenvalue weighted by atomic mass is 79.9. The van der Waals surface area contributed by atoms with Crippen molar-refractivity contribution in [1.29, 1.82) is 0 Å². The van der Waals surface area contributed by atoms with Crippen molar-refractivity contribution in [3.05, 3.63) is 33.9 Å². The van der Waals surface area contributed by atoms with Crippen LogP contribution in [-0.4, -0.2) is 24.1 Å². The molecule has 2 aromatic rings. The second-order valence-corrected chi connectivity index (χ2v) is 7.36. The number of halogens is 2. The first kappa shape index (κ1) is 14.4. The average molecular weight is 382 g/mol. The van der Waals surface area contributed by atoms with Crippen LogP contribution in [0.3, 0.4) is 0 Å². The van der Waals surface area contributed by atoms with Crippen molar-refractivity contribution in [2.75, 3.05) is 18.5 Å². The van der Waals surface area contributed by atoms with Crippen LogP contribution in [0.25, 0.3) is 10.8 Å². The van der Waals surface area contributed by atoms with Crippen LogP contribution >= 0.6 is 27.5 Å². The molecule has 4 rings (SSSR count). The van der Waals surface area contributed by atoms with Gasteiger partial charge in [-0.1, -0.05) is 11.6 Å². The van der Waals surface area contributed by atoms with Gasteiger partial charge in [0.2, 0.25) is 5.91 Å². The van der Waals surface area contributed by atoms with E-state index in [0.29, 0.717) is 17.4 Å². The van der Waals surface area contributed by atoms with E-state index >= 15 is 0 Å².